The van der Waals surface area contributed by atoms with E-state index in [1.54, 1.807) is 0 Å². The van der Waals surface area contributed by atoms with Crippen LogP contribution in [0, 0.1) is 0 Å². The number of hydrogen-bond acceptors (Lipinski definition) is 4. The molecule has 0 radical (unpaired) electrons. The van der Waals surface area contributed by atoms with Crippen molar-refractivity contribution in [1.82, 2.24) is 15.0 Å². The maximum Gasteiger partial charge on any atom is 0.164 e. The second kappa shape index (κ2) is 8.08. The van der Waals surface area contributed by atoms with Crippen LogP contribution >= 0.6 is 27.3 Å². The van der Waals surface area contributed by atoms with Gasteiger partial charge >= 0.3 is 0 Å². The molecule has 3 nitrogen and oxygen atoms in total. The van der Waals surface area contributed by atoms with Crippen LogP contribution in [0.5, 0.6) is 0 Å². The van der Waals surface area contributed by atoms with Crippen LogP contribution in [0.3, 0.4) is 0 Å². The third kappa shape index (κ3) is 3.48. The highest BCUT2D eigenvalue weighted by Crippen LogP contribution is 2.42. The number of nitrogens with zero attached hydrogens (tertiary/aromatic N) is 3. The van der Waals surface area contributed by atoms with Crippen molar-refractivity contribution in [2.24, 2.45) is 0 Å². The van der Waals surface area contributed by atoms with Gasteiger partial charge in [-0.2, -0.15) is 0 Å². The van der Waals surface area contributed by atoms with Crippen LogP contribution in [0.2, 0.25) is 0 Å². The maximum atomic E-state index is 4.95. The summed E-state index contributed by atoms with van der Waals surface area (Å²) in [5.74, 6) is 2.08. The fourth-order valence-corrected chi connectivity index (χ4v) is 5.77. The Labute approximate surface area is 198 Å². The van der Waals surface area contributed by atoms with Crippen molar-refractivity contribution in [3.63, 3.8) is 0 Å². The van der Waals surface area contributed by atoms with Crippen LogP contribution in [0.25, 0.3) is 50.3 Å². The van der Waals surface area contributed by atoms with Crippen molar-refractivity contribution in [1.29, 1.82) is 0 Å². The van der Waals surface area contributed by atoms with Gasteiger partial charge < -0.3 is 0 Å². The van der Waals surface area contributed by atoms with E-state index in [2.05, 4.69) is 40.2 Å². The number of benzene rings is 3. The Morgan fingerprint density at radius 1 is 0.656 bits per heavy atom. The Hall–Kier alpha value is -3.15. The Morgan fingerprint density at radius 2 is 1.28 bits per heavy atom. The molecule has 0 saturated carbocycles. The summed E-state index contributed by atoms with van der Waals surface area (Å²) in [4.78, 5) is 16.1. The fraction of sp³-hybridized carbons (Fsp3) is 0.0741. The molecule has 6 rings (SSSR count). The summed E-state index contributed by atoms with van der Waals surface area (Å²) in [6.07, 6.45) is 4.38. The first-order valence-electron chi connectivity index (χ1n) is 10.5. The van der Waals surface area contributed by atoms with E-state index in [0.717, 1.165) is 29.5 Å². The first-order valence-corrected chi connectivity index (χ1v) is 12.1. The van der Waals surface area contributed by atoms with Crippen molar-refractivity contribution in [2.75, 3.05) is 0 Å². The molecule has 2 heterocycles. The molecule has 0 bridgehead atoms. The summed E-state index contributed by atoms with van der Waals surface area (Å²) in [7, 11) is 0. The van der Waals surface area contributed by atoms with Gasteiger partial charge in [0.15, 0.2) is 17.5 Å². The number of rotatable bonds is 3. The molecule has 0 spiro atoms. The lowest BCUT2D eigenvalue weighted by atomic mass is 9.99. The minimum Gasteiger partial charge on any atom is -0.208 e. The molecule has 0 atom stereocenters. The van der Waals surface area contributed by atoms with E-state index in [4.69, 9.17) is 15.0 Å². The first-order chi connectivity index (χ1) is 15.8. The highest BCUT2D eigenvalue weighted by atomic mass is 79.9. The largest absolute Gasteiger partial charge is 0.208 e. The zero-order valence-corrected chi connectivity index (χ0v) is 19.5. The molecule has 2 aromatic heterocycles. The third-order valence-corrected chi connectivity index (χ3v) is 7.52. The highest BCUT2D eigenvalue weighted by molar-refractivity contribution is 9.11. The van der Waals surface area contributed by atoms with Gasteiger partial charge in [-0.15, -0.1) is 11.3 Å². The highest BCUT2D eigenvalue weighted by Gasteiger charge is 2.20. The van der Waals surface area contributed by atoms with Gasteiger partial charge in [0.05, 0.1) is 0 Å². The summed E-state index contributed by atoms with van der Waals surface area (Å²) in [6, 6.07) is 26.7. The second-order valence-electron chi connectivity index (χ2n) is 7.75. The fourth-order valence-electron chi connectivity index (χ4n) is 4.14. The number of aryl methyl sites for hydroxylation is 1. The normalized spacial score (nSPS) is 13.1. The molecule has 0 saturated heterocycles. The molecule has 32 heavy (non-hydrogen) atoms. The Kier molecular flexibility index (Phi) is 4.93. The summed E-state index contributed by atoms with van der Waals surface area (Å²) in [5, 5.41) is 1.23. The SMILES string of the molecule is BrC1=Cc2c(sc3cccc(-c4nc(-c5ccccc5)nc(-c5ccccc5)n4)c23)CC1. The molecular formula is C27H18BrN3S. The first kappa shape index (κ1) is 19.5. The molecule has 0 amide bonds. The van der Waals surface area contributed by atoms with Gasteiger partial charge in [0, 0.05) is 31.7 Å². The number of fused-ring (bicyclic) bond motifs is 3. The smallest absolute Gasteiger partial charge is 0.164 e. The van der Waals surface area contributed by atoms with Crippen LogP contribution in [0.1, 0.15) is 16.9 Å². The van der Waals surface area contributed by atoms with Gasteiger partial charge in [-0.05, 0) is 35.0 Å². The van der Waals surface area contributed by atoms with Crippen molar-refractivity contribution in [2.45, 2.75) is 12.8 Å². The average molecular weight is 496 g/mol. The van der Waals surface area contributed by atoms with Crippen molar-refractivity contribution in [3.05, 3.63) is 93.8 Å². The van der Waals surface area contributed by atoms with E-state index < -0.39 is 0 Å². The third-order valence-electron chi connectivity index (χ3n) is 5.66. The Morgan fingerprint density at radius 3 is 1.94 bits per heavy atom. The Balaban J connectivity index is 1.63. The summed E-state index contributed by atoms with van der Waals surface area (Å²) < 4.78 is 2.51. The average Bonchev–Trinajstić information content (AvgIpc) is 3.23. The molecule has 0 N–H and O–H groups in total. The minimum atomic E-state index is 0.687. The standard InChI is InChI=1S/C27H18BrN3S/c28-19-14-15-22-21(16-19)24-20(12-7-13-23(24)32-22)27-30-25(17-8-3-1-4-9-17)29-26(31-27)18-10-5-2-6-11-18/h1-13,16H,14-15H2. The molecular weight excluding hydrogens is 478 g/mol. The summed E-state index contributed by atoms with van der Waals surface area (Å²) in [6.45, 7) is 0. The topological polar surface area (TPSA) is 38.7 Å². The summed E-state index contributed by atoms with van der Waals surface area (Å²) in [5.41, 5.74) is 4.31. The predicted molar refractivity (Wildman–Crippen MR) is 137 cm³/mol. The van der Waals surface area contributed by atoms with Gasteiger partial charge in [-0.3, -0.25) is 0 Å². The number of allylic oxidation sites excluding steroid dienone is 1. The molecule has 0 unspecified atom stereocenters. The molecule has 5 aromatic rings. The maximum absolute atomic E-state index is 4.95. The van der Waals surface area contributed by atoms with Crippen LogP contribution in [0.4, 0.5) is 0 Å². The van der Waals surface area contributed by atoms with Gasteiger partial charge in [0.1, 0.15) is 0 Å². The lowest BCUT2D eigenvalue weighted by Gasteiger charge is -2.11. The van der Waals surface area contributed by atoms with Gasteiger partial charge in [-0.25, -0.2) is 15.0 Å². The lowest BCUT2D eigenvalue weighted by Crippen LogP contribution is -2.00. The van der Waals surface area contributed by atoms with E-state index in [9.17, 15) is 0 Å². The van der Waals surface area contributed by atoms with Crippen molar-refractivity contribution in [3.8, 4) is 34.2 Å². The molecule has 0 fully saturated rings. The molecule has 1 aliphatic carbocycles. The quantitative estimate of drug-likeness (QED) is 0.256. The number of aromatic nitrogens is 3. The monoisotopic (exact) mass is 495 g/mol. The van der Waals surface area contributed by atoms with Crippen LogP contribution in [0.15, 0.2) is 83.3 Å². The molecule has 154 valence electrons. The Bertz CT molecular complexity index is 1420. The van der Waals surface area contributed by atoms with E-state index >= 15 is 0 Å². The van der Waals surface area contributed by atoms with E-state index in [-0.39, 0.29) is 0 Å². The zero-order chi connectivity index (χ0) is 21.5. The number of halogens is 1. The van der Waals surface area contributed by atoms with Crippen LogP contribution in [-0.4, -0.2) is 15.0 Å². The van der Waals surface area contributed by atoms with Gasteiger partial charge in [0.2, 0.25) is 0 Å². The molecule has 1 aliphatic rings. The number of thiophene rings is 1. The second-order valence-corrected chi connectivity index (χ2v) is 9.90. The minimum absolute atomic E-state index is 0.687. The van der Waals surface area contributed by atoms with E-state index in [1.165, 1.54) is 25.0 Å². The van der Waals surface area contributed by atoms with Gasteiger partial charge in [0.25, 0.3) is 0 Å². The van der Waals surface area contributed by atoms with Crippen molar-refractivity contribution < 1.29 is 0 Å². The van der Waals surface area contributed by atoms with Gasteiger partial charge in [-0.1, -0.05) is 88.7 Å². The van der Waals surface area contributed by atoms with E-state index in [1.807, 2.05) is 72.0 Å². The van der Waals surface area contributed by atoms with Crippen molar-refractivity contribution >= 4 is 43.4 Å². The van der Waals surface area contributed by atoms with Crippen LogP contribution in [-0.2, 0) is 6.42 Å². The predicted octanol–water partition coefficient (Wildman–Crippen LogP) is 7.77. The number of hydrogen-bond donors (Lipinski definition) is 0. The molecule has 5 heteroatoms. The zero-order valence-electron chi connectivity index (χ0n) is 17.1. The molecule has 3 aromatic carbocycles. The molecule has 0 aliphatic heterocycles. The van der Waals surface area contributed by atoms with Crippen LogP contribution < -0.4 is 0 Å². The lowest BCUT2D eigenvalue weighted by molar-refractivity contribution is 1.01. The summed E-state index contributed by atoms with van der Waals surface area (Å²) >= 11 is 5.59. The van der Waals surface area contributed by atoms with E-state index in [0.29, 0.717) is 17.5 Å².